The molecular weight excluding hydrogens is 795 g/mol. The fourth-order valence-corrected chi connectivity index (χ4v) is 11.5. The smallest absolute Gasteiger partial charge is 0.412 e. The number of anilines is 1. The van der Waals surface area contributed by atoms with Crippen molar-refractivity contribution in [3.8, 4) is 0 Å². The van der Waals surface area contributed by atoms with Gasteiger partial charge >= 0.3 is 12.1 Å². The number of para-hydroxylation sites is 1. The highest BCUT2D eigenvalue weighted by Gasteiger charge is 2.63. The van der Waals surface area contributed by atoms with Crippen molar-refractivity contribution < 1.29 is 58.1 Å². The third-order valence-corrected chi connectivity index (χ3v) is 15.7. The Hall–Kier alpha value is -2.91. The molecule has 348 valence electrons. The van der Waals surface area contributed by atoms with Crippen molar-refractivity contribution in [2.75, 3.05) is 5.32 Å². The first-order chi connectivity index (χ1) is 29.3. The minimum absolute atomic E-state index is 0.0155. The fraction of sp³-hybridized carbons (Fsp3) is 0.776. The first-order valence-electron chi connectivity index (χ1n) is 23.5. The maximum atomic E-state index is 14.6. The van der Waals surface area contributed by atoms with E-state index < -0.39 is 95.1 Å². The van der Waals surface area contributed by atoms with Gasteiger partial charge in [0.05, 0.1) is 48.1 Å². The fourth-order valence-electron chi connectivity index (χ4n) is 11.5. The Bertz CT molecular complexity index is 1740. The van der Waals surface area contributed by atoms with Crippen LogP contribution < -0.4 is 5.32 Å². The van der Waals surface area contributed by atoms with Gasteiger partial charge in [-0.1, -0.05) is 73.6 Å². The lowest BCUT2D eigenvalue weighted by atomic mass is 9.72. The van der Waals surface area contributed by atoms with E-state index in [1.165, 1.54) is 0 Å². The van der Waals surface area contributed by atoms with Crippen LogP contribution >= 0.6 is 0 Å². The molecule has 13 nitrogen and oxygen atoms in total. The number of carbonyl (C=O) groups is 3. The number of carboxylic acids is 1. The molecule has 5 heterocycles. The molecule has 13 heteroatoms. The topological polar surface area (TPSA) is 179 Å². The van der Waals surface area contributed by atoms with Crippen LogP contribution in [0.5, 0.6) is 0 Å². The van der Waals surface area contributed by atoms with E-state index >= 15 is 0 Å². The standard InChI is InChI=1S/C49H75NO12/c1-11-35(44(54)55)37-20-19-28(4)42(58-37)32(8)40(52)31(7)41(53)36(12-2)43-29(5)27-30(6)48(59-43)24-21-38(51)49(62-48)26-25-46(10,61-49)39-22-23-47(13-3,33(9)57-39)60-45(56)50-34-17-15-14-16-18-34/h14-18,21,24,28-33,35-40,42-43,51-52H,11-13,19-20,22-23,25-27H2,1-10H3,(H,50,56)(H,54,55)/t28-,29-,30+,31-,32-,33-,35+,36-,37+,38+,39+,40+,42+,43-,46-,47+,48-,49-/m0/s1. The summed E-state index contributed by atoms with van der Waals surface area (Å²) in [6.07, 6.45) is 4.32. The first kappa shape index (κ1) is 48.5. The van der Waals surface area contributed by atoms with E-state index in [1.54, 1.807) is 31.2 Å². The summed E-state index contributed by atoms with van der Waals surface area (Å²) in [5.74, 6) is -6.08. The second-order valence-electron chi connectivity index (χ2n) is 19.8. The molecule has 0 unspecified atom stereocenters. The lowest BCUT2D eigenvalue weighted by Crippen LogP contribution is -2.63. The summed E-state index contributed by atoms with van der Waals surface area (Å²) in [7, 11) is 0. The van der Waals surface area contributed by atoms with Crippen LogP contribution in [0, 0.1) is 41.4 Å². The van der Waals surface area contributed by atoms with Crippen LogP contribution in [0.2, 0.25) is 0 Å². The van der Waals surface area contributed by atoms with Crippen molar-refractivity contribution in [3.63, 3.8) is 0 Å². The molecule has 0 aromatic heterocycles. The summed E-state index contributed by atoms with van der Waals surface area (Å²) in [5, 5.41) is 36.1. The number of aliphatic hydroxyl groups excluding tert-OH is 2. The van der Waals surface area contributed by atoms with Gasteiger partial charge in [-0.15, -0.1) is 0 Å². The number of benzene rings is 1. The predicted molar refractivity (Wildman–Crippen MR) is 233 cm³/mol. The first-order valence-corrected chi connectivity index (χ1v) is 23.5. The zero-order valence-corrected chi connectivity index (χ0v) is 38.7. The SMILES string of the molecule is CC[C@@H](C(=O)[C@@H](C)[C@@H](O)[C@H](C)[C@@H]1O[C@@H]([C@@H](CC)C(=O)O)CC[C@@H]1C)[C@H]1O[C@]2(C=C[C@@H](O)[C@]3(CC[C@@](C)([C@H]4CC[C@@](CC)(OC(=O)Nc5ccccc5)[C@H](C)O4)O3)O2)[C@H](C)C[C@@H]1C. The summed E-state index contributed by atoms with van der Waals surface area (Å²) in [6, 6.07) is 9.18. The van der Waals surface area contributed by atoms with Gasteiger partial charge in [0.1, 0.15) is 17.5 Å². The number of rotatable bonds is 14. The van der Waals surface area contributed by atoms with E-state index in [-0.39, 0.29) is 29.6 Å². The largest absolute Gasteiger partial charge is 0.481 e. The molecular formula is C49H75NO12. The zero-order valence-electron chi connectivity index (χ0n) is 38.7. The van der Waals surface area contributed by atoms with Crippen LogP contribution in [0.25, 0.3) is 0 Å². The predicted octanol–water partition coefficient (Wildman–Crippen LogP) is 8.44. The monoisotopic (exact) mass is 870 g/mol. The highest BCUT2D eigenvalue weighted by atomic mass is 16.8. The number of Topliss-reactive ketones (excluding diaryl/α,β-unsaturated/α-hetero) is 1. The number of aliphatic hydroxyl groups is 2. The molecule has 1 aromatic rings. The summed E-state index contributed by atoms with van der Waals surface area (Å²) < 4.78 is 40.2. The Kier molecular flexibility index (Phi) is 15.1. The Morgan fingerprint density at radius 2 is 1.58 bits per heavy atom. The van der Waals surface area contributed by atoms with E-state index in [2.05, 4.69) is 26.1 Å². The van der Waals surface area contributed by atoms with Gasteiger partial charge in [-0.3, -0.25) is 14.9 Å². The van der Waals surface area contributed by atoms with Gasteiger partial charge in [-0.05, 0) is 108 Å². The lowest BCUT2D eigenvalue weighted by Gasteiger charge is -2.54. The van der Waals surface area contributed by atoms with E-state index in [4.69, 9.17) is 28.4 Å². The Morgan fingerprint density at radius 1 is 0.887 bits per heavy atom. The molecule has 0 bridgehead atoms. The minimum Gasteiger partial charge on any atom is -0.481 e. The van der Waals surface area contributed by atoms with Crippen molar-refractivity contribution >= 4 is 23.5 Å². The number of nitrogens with one attached hydrogen (secondary N) is 1. The number of ketones is 1. The highest BCUT2D eigenvalue weighted by molar-refractivity contribution is 5.85. The molecule has 18 atom stereocenters. The Balaban J connectivity index is 1.13. The molecule has 6 rings (SSSR count). The zero-order chi connectivity index (χ0) is 45.4. The molecule has 1 amide bonds. The van der Waals surface area contributed by atoms with E-state index in [0.29, 0.717) is 63.5 Å². The van der Waals surface area contributed by atoms with Gasteiger partial charge in [-0.2, -0.15) is 0 Å². The van der Waals surface area contributed by atoms with Crippen molar-refractivity contribution in [1.82, 2.24) is 0 Å². The molecule has 5 aliphatic rings. The number of hydrogen-bond donors (Lipinski definition) is 4. The van der Waals surface area contributed by atoms with Gasteiger partial charge in [0, 0.05) is 35.8 Å². The molecule has 0 saturated carbocycles. The van der Waals surface area contributed by atoms with Gasteiger partial charge in [0.15, 0.2) is 5.79 Å². The van der Waals surface area contributed by atoms with Crippen molar-refractivity contribution in [1.29, 1.82) is 0 Å². The number of ether oxygens (including phenoxy) is 6. The molecule has 5 aliphatic heterocycles. The molecule has 4 saturated heterocycles. The number of carboxylic acid groups (broad SMARTS) is 1. The maximum absolute atomic E-state index is 14.6. The molecule has 0 aliphatic carbocycles. The van der Waals surface area contributed by atoms with E-state index in [9.17, 15) is 29.7 Å². The van der Waals surface area contributed by atoms with Crippen molar-refractivity contribution in [2.24, 2.45) is 41.4 Å². The summed E-state index contributed by atoms with van der Waals surface area (Å²) >= 11 is 0. The van der Waals surface area contributed by atoms with Gasteiger partial charge < -0.3 is 43.7 Å². The molecule has 62 heavy (non-hydrogen) atoms. The molecule has 4 N–H and O–H groups in total. The summed E-state index contributed by atoms with van der Waals surface area (Å²) in [4.78, 5) is 39.6. The quantitative estimate of drug-likeness (QED) is 0.131. The van der Waals surface area contributed by atoms with Crippen LogP contribution in [0.15, 0.2) is 42.5 Å². The minimum atomic E-state index is -1.43. The van der Waals surface area contributed by atoms with Gasteiger partial charge in [-0.25, -0.2) is 4.79 Å². The maximum Gasteiger partial charge on any atom is 0.412 e. The molecule has 4 fully saturated rings. The number of amides is 1. The third-order valence-electron chi connectivity index (χ3n) is 15.7. The second-order valence-corrected chi connectivity index (χ2v) is 19.8. The normalized spacial score (nSPS) is 40.9. The Morgan fingerprint density at radius 3 is 2.21 bits per heavy atom. The third kappa shape index (κ3) is 9.42. The van der Waals surface area contributed by atoms with Gasteiger partial charge in [0.25, 0.3) is 0 Å². The highest BCUT2D eigenvalue weighted by Crippen LogP contribution is 2.54. The van der Waals surface area contributed by atoms with Crippen LogP contribution in [0.4, 0.5) is 10.5 Å². The molecule has 1 aromatic carbocycles. The van der Waals surface area contributed by atoms with Crippen molar-refractivity contribution in [3.05, 3.63) is 42.5 Å². The number of carbonyl (C=O) groups excluding carboxylic acids is 2. The van der Waals surface area contributed by atoms with Crippen LogP contribution in [-0.4, -0.2) is 98.7 Å². The number of aliphatic carboxylic acids is 1. The van der Waals surface area contributed by atoms with E-state index in [1.807, 2.05) is 59.7 Å². The lowest BCUT2D eigenvalue weighted by molar-refractivity contribution is -0.408. The molecule has 0 radical (unpaired) electrons. The van der Waals surface area contributed by atoms with Crippen molar-refractivity contribution in [2.45, 2.75) is 199 Å². The van der Waals surface area contributed by atoms with Crippen LogP contribution in [-0.2, 0) is 38.0 Å². The second kappa shape index (κ2) is 19.3. The summed E-state index contributed by atoms with van der Waals surface area (Å²) in [5.41, 5.74) is -1.03. The molecule has 2 spiro atoms. The average molecular weight is 870 g/mol. The number of hydrogen-bond acceptors (Lipinski definition) is 11. The van der Waals surface area contributed by atoms with E-state index in [0.717, 1.165) is 6.42 Å². The Labute approximate surface area is 369 Å². The van der Waals surface area contributed by atoms with Crippen LogP contribution in [0.1, 0.15) is 133 Å². The van der Waals surface area contributed by atoms with Crippen LogP contribution in [0.3, 0.4) is 0 Å². The average Bonchev–Trinajstić information content (AvgIpc) is 3.59. The van der Waals surface area contributed by atoms with Gasteiger partial charge in [0.2, 0.25) is 5.79 Å². The summed E-state index contributed by atoms with van der Waals surface area (Å²) in [6.45, 7) is 19.6.